The van der Waals surface area contributed by atoms with Crippen LogP contribution in [-0.2, 0) is 0 Å². The molecule has 0 rings (SSSR count). The summed E-state index contributed by atoms with van der Waals surface area (Å²) in [5, 5.41) is 3.56. The van der Waals surface area contributed by atoms with E-state index in [1.54, 1.807) is 0 Å². The fraction of sp³-hybridized carbons (Fsp3) is 0.667. The van der Waals surface area contributed by atoms with Crippen molar-refractivity contribution in [2.75, 3.05) is 0 Å². The Kier molecular flexibility index (Phi) is 2.85. The van der Waals surface area contributed by atoms with Crippen molar-refractivity contribution in [2.45, 2.75) is 13.8 Å². The average molecular weight is 107 g/mol. The van der Waals surface area contributed by atoms with Crippen molar-refractivity contribution >= 4 is 17.5 Å². The van der Waals surface area contributed by atoms with Gasteiger partial charge >= 0.3 is 0 Å². The largest absolute Gasteiger partial charge is 0.219 e. The molecule has 0 aromatic rings. The van der Waals surface area contributed by atoms with Gasteiger partial charge in [0.1, 0.15) is 0 Å². The van der Waals surface area contributed by atoms with Gasteiger partial charge in [-0.1, -0.05) is 0 Å². The van der Waals surface area contributed by atoms with Crippen molar-refractivity contribution in [3.63, 3.8) is 0 Å². The monoisotopic (exact) mass is 106 g/mol. The molecule has 0 unspecified atom stereocenters. The van der Waals surface area contributed by atoms with Crippen LogP contribution in [0.2, 0.25) is 0 Å². The minimum absolute atomic E-state index is 0.921. The fourth-order valence-corrected chi connectivity index (χ4v) is 0.254. The van der Waals surface area contributed by atoms with E-state index in [1.807, 2.05) is 13.8 Å². The normalized spacial score (nSPS) is 7.17. The molecule has 0 aliphatic heterocycles. The molecule has 0 saturated heterocycles. The third kappa shape index (κ3) is 3.76. The summed E-state index contributed by atoms with van der Waals surface area (Å²) in [5.74, 6) is 0. The first kappa shape index (κ1) is 5.76. The molecule has 0 amide bonds. The molecule has 0 radical (unpaired) electrons. The lowest BCUT2D eigenvalue weighted by Gasteiger charge is -1.81. The third-order valence-corrected chi connectivity index (χ3v) is 0.350. The minimum atomic E-state index is 0.921. The van der Waals surface area contributed by atoms with Gasteiger partial charge in [0.15, 0.2) is 0 Å². The molecule has 1 N–H and O–H groups in total. The number of nitrogens with zero attached hydrogens (tertiary/aromatic N) is 1. The highest BCUT2D eigenvalue weighted by molar-refractivity contribution is 6.13. The SMILES string of the molecule is CC(C)=NNCl. The summed E-state index contributed by atoms with van der Waals surface area (Å²) < 4.78 is 0. The zero-order chi connectivity index (χ0) is 4.99. The van der Waals surface area contributed by atoms with Crippen molar-refractivity contribution in [2.24, 2.45) is 5.10 Å². The Morgan fingerprint density at radius 1 is 1.67 bits per heavy atom. The molecule has 36 valence electrons. The molecule has 0 fully saturated rings. The molecule has 0 heterocycles. The zero-order valence-electron chi connectivity index (χ0n) is 3.83. The van der Waals surface area contributed by atoms with Gasteiger partial charge in [0.25, 0.3) is 0 Å². The Hall–Kier alpha value is -0.240. The van der Waals surface area contributed by atoms with Gasteiger partial charge in [-0.15, -0.1) is 0 Å². The molecule has 3 heteroatoms. The van der Waals surface area contributed by atoms with Crippen molar-refractivity contribution in [3.8, 4) is 0 Å². The quantitative estimate of drug-likeness (QED) is 0.303. The summed E-state index contributed by atoms with van der Waals surface area (Å²) in [6.45, 7) is 3.71. The highest BCUT2D eigenvalue weighted by Gasteiger charge is 1.68. The smallest absolute Gasteiger partial charge is 0.0330 e. The Bertz CT molecular complexity index is 55.8. The van der Waals surface area contributed by atoms with Gasteiger partial charge in [-0.3, -0.25) is 0 Å². The lowest BCUT2D eigenvalue weighted by molar-refractivity contribution is 1.09. The maximum absolute atomic E-state index is 4.96. The van der Waals surface area contributed by atoms with E-state index < -0.39 is 0 Å². The molecular weight excluding hydrogens is 99.5 g/mol. The van der Waals surface area contributed by atoms with Gasteiger partial charge < -0.3 is 0 Å². The van der Waals surface area contributed by atoms with E-state index in [2.05, 4.69) is 10.0 Å². The predicted octanol–water partition coefficient (Wildman–Crippen LogP) is 1.13. The molecule has 0 spiro atoms. The molecule has 0 aliphatic rings. The summed E-state index contributed by atoms with van der Waals surface area (Å²) in [5.41, 5.74) is 0.921. The van der Waals surface area contributed by atoms with Crippen LogP contribution in [0.1, 0.15) is 13.8 Å². The highest BCUT2D eigenvalue weighted by atomic mass is 35.5. The first-order valence-electron chi connectivity index (χ1n) is 1.64. The van der Waals surface area contributed by atoms with Crippen LogP contribution in [0.15, 0.2) is 5.10 Å². The van der Waals surface area contributed by atoms with Gasteiger partial charge in [0.2, 0.25) is 0 Å². The first-order chi connectivity index (χ1) is 2.77. The molecule has 2 nitrogen and oxygen atoms in total. The maximum Gasteiger partial charge on any atom is 0.0330 e. The Labute approximate surface area is 42.3 Å². The Morgan fingerprint density at radius 2 is 2.17 bits per heavy atom. The molecule has 0 bridgehead atoms. The molecular formula is C3H7ClN2. The average Bonchev–Trinajstić information content (AvgIpc) is 1.35. The number of hydrogen-bond donors (Lipinski definition) is 1. The van der Waals surface area contributed by atoms with E-state index in [-0.39, 0.29) is 0 Å². The van der Waals surface area contributed by atoms with Crippen LogP contribution in [0.25, 0.3) is 0 Å². The second-order valence-corrected chi connectivity index (χ2v) is 1.31. The Balaban J connectivity index is 3.14. The van der Waals surface area contributed by atoms with Crippen LogP contribution in [-0.4, -0.2) is 5.71 Å². The van der Waals surface area contributed by atoms with Crippen LogP contribution < -0.4 is 4.94 Å². The van der Waals surface area contributed by atoms with Crippen molar-refractivity contribution in [1.82, 2.24) is 4.94 Å². The van der Waals surface area contributed by atoms with E-state index in [4.69, 9.17) is 11.8 Å². The summed E-state index contributed by atoms with van der Waals surface area (Å²) in [6.07, 6.45) is 0. The summed E-state index contributed by atoms with van der Waals surface area (Å²) in [7, 11) is 0. The van der Waals surface area contributed by atoms with Crippen LogP contribution in [0.5, 0.6) is 0 Å². The third-order valence-electron chi connectivity index (χ3n) is 0.266. The fourth-order valence-electron chi connectivity index (χ4n) is 0.0845. The van der Waals surface area contributed by atoms with Gasteiger partial charge in [-0.25, -0.2) is 4.94 Å². The van der Waals surface area contributed by atoms with E-state index in [1.165, 1.54) is 0 Å². The van der Waals surface area contributed by atoms with E-state index in [0.29, 0.717) is 0 Å². The number of hydrazone groups is 1. The van der Waals surface area contributed by atoms with E-state index in [9.17, 15) is 0 Å². The number of hydrogen-bond acceptors (Lipinski definition) is 2. The standard InChI is InChI=1S/C3H7ClN2/c1-3(2)5-6-4/h6H,1-2H3. The topological polar surface area (TPSA) is 24.4 Å². The minimum Gasteiger partial charge on any atom is -0.219 e. The summed E-state index contributed by atoms with van der Waals surface area (Å²) in [4.78, 5) is 2.13. The van der Waals surface area contributed by atoms with E-state index >= 15 is 0 Å². The van der Waals surface area contributed by atoms with Gasteiger partial charge in [0, 0.05) is 17.5 Å². The van der Waals surface area contributed by atoms with Crippen LogP contribution in [0, 0.1) is 0 Å². The number of nitrogens with one attached hydrogen (secondary N) is 1. The maximum atomic E-state index is 4.96. The lowest BCUT2D eigenvalue weighted by Crippen LogP contribution is -1.89. The second-order valence-electron chi connectivity index (χ2n) is 1.14. The molecule has 0 aliphatic carbocycles. The van der Waals surface area contributed by atoms with Crippen molar-refractivity contribution < 1.29 is 0 Å². The van der Waals surface area contributed by atoms with Gasteiger partial charge in [-0.05, 0) is 13.8 Å². The molecule has 6 heavy (non-hydrogen) atoms. The number of halogens is 1. The highest BCUT2D eigenvalue weighted by Crippen LogP contribution is 1.68. The molecule has 0 atom stereocenters. The van der Waals surface area contributed by atoms with Crippen molar-refractivity contribution in [1.29, 1.82) is 0 Å². The van der Waals surface area contributed by atoms with Crippen molar-refractivity contribution in [3.05, 3.63) is 0 Å². The van der Waals surface area contributed by atoms with Gasteiger partial charge in [0.05, 0.1) is 0 Å². The second kappa shape index (κ2) is 2.97. The van der Waals surface area contributed by atoms with Crippen LogP contribution in [0.4, 0.5) is 0 Å². The first-order valence-corrected chi connectivity index (χ1v) is 2.01. The van der Waals surface area contributed by atoms with Crippen LogP contribution >= 0.6 is 11.8 Å². The molecule has 0 aromatic carbocycles. The van der Waals surface area contributed by atoms with Gasteiger partial charge in [-0.2, -0.15) is 5.10 Å². The Morgan fingerprint density at radius 3 is 2.17 bits per heavy atom. The molecule has 0 aromatic heterocycles. The molecule has 0 saturated carbocycles. The predicted molar refractivity (Wildman–Crippen MR) is 27.8 cm³/mol. The van der Waals surface area contributed by atoms with Crippen LogP contribution in [0.3, 0.4) is 0 Å². The summed E-state index contributed by atoms with van der Waals surface area (Å²) >= 11 is 4.96. The number of rotatable bonds is 1. The van der Waals surface area contributed by atoms with E-state index in [0.717, 1.165) is 5.71 Å². The summed E-state index contributed by atoms with van der Waals surface area (Å²) in [6, 6.07) is 0. The zero-order valence-corrected chi connectivity index (χ0v) is 4.58. The lowest BCUT2D eigenvalue weighted by atomic mass is 10.5.